The number of carbonyl (C=O) groups excluding carboxylic acids is 1. The van der Waals surface area contributed by atoms with E-state index < -0.39 is 11.7 Å². The third-order valence-corrected chi connectivity index (χ3v) is 4.85. The van der Waals surface area contributed by atoms with E-state index >= 15 is 0 Å². The molecule has 0 bridgehead atoms. The molecule has 3 nitrogen and oxygen atoms in total. The van der Waals surface area contributed by atoms with E-state index in [1.807, 2.05) is 27.7 Å². The SMILES string of the molecule is CC1(C)C(N)C(C)(C)C1NC(=O)c1cccc(Cl)c1F. The molecule has 1 saturated carbocycles. The van der Waals surface area contributed by atoms with E-state index in [4.69, 9.17) is 17.3 Å². The number of hydrogen-bond donors (Lipinski definition) is 2. The van der Waals surface area contributed by atoms with Crippen LogP contribution in [0.5, 0.6) is 0 Å². The van der Waals surface area contributed by atoms with Crippen LogP contribution in [0.1, 0.15) is 38.1 Å². The predicted octanol–water partition coefficient (Wildman–Crippen LogP) is 2.97. The molecule has 1 aromatic carbocycles. The van der Waals surface area contributed by atoms with Crippen LogP contribution in [0.2, 0.25) is 5.02 Å². The van der Waals surface area contributed by atoms with Crippen LogP contribution in [0.4, 0.5) is 4.39 Å². The minimum absolute atomic E-state index is 0.0236. The average molecular weight is 299 g/mol. The van der Waals surface area contributed by atoms with Gasteiger partial charge in [-0.2, -0.15) is 0 Å². The summed E-state index contributed by atoms with van der Waals surface area (Å²) in [5.41, 5.74) is 5.65. The number of nitrogens with one attached hydrogen (secondary N) is 1. The van der Waals surface area contributed by atoms with Crippen molar-refractivity contribution in [3.8, 4) is 0 Å². The largest absolute Gasteiger partial charge is 0.348 e. The molecule has 0 spiro atoms. The molecule has 20 heavy (non-hydrogen) atoms. The maximum absolute atomic E-state index is 13.9. The van der Waals surface area contributed by atoms with Crippen LogP contribution >= 0.6 is 11.6 Å². The Balaban J connectivity index is 2.23. The number of amides is 1. The monoisotopic (exact) mass is 298 g/mol. The number of halogens is 2. The maximum atomic E-state index is 13.9. The molecule has 1 aliphatic carbocycles. The first-order valence-corrected chi connectivity index (χ1v) is 6.98. The lowest BCUT2D eigenvalue weighted by Gasteiger charge is -2.62. The van der Waals surface area contributed by atoms with Crippen molar-refractivity contribution in [2.45, 2.75) is 39.8 Å². The Kier molecular flexibility index (Phi) is 3.59. The first-order chi connectivity index (χ1) is 9.10. The van der Waals surface area contributed by atoms with E-state index in [-0.39, 0.29) is 33.5 Å². The molecule has 0 radical (unpaired) electrons. The quantitative estimate of drug-likeness (QED) is 0.882. The van der Waals surface area contributed by atoms with Crippen molar-refractivity contribution in [3.05, 3.63) is 34.6 Å². The van der Waals surface area contributed by atoms with Gasteiger partial charge in [-0.25, -0.2) is 4.39 Å². The van der Waals surface area contributed by atoms with Crippen LogP contribution in [0.3, 0.4) is 0 Å². The molecule has 1 aromatic rings. The third kappa shape index (κ3) is 2.11. The van der Waals surface area contributed by atoms with Crippen molar-refractivity contribution in [1.29, 1.82) is 0 Å². The number of carbonyl (C=O) groups is 1. The molecule has 0 unspecified atom stereocenters. The topological polar surface area (TPSA) is 55.1 Å². The molecule has 5 heteroatoms. The summed E-state index contributed by atoms with van der Waals surface area (Å²) >= 11 is 5.70. The second-order valence-electron chi connectivity index (χ2n) is 6.63. The Morgan fingerprint density at radius 2 is 1.85 bits per heavy atom. The van der Waals surface area contributed by atoms with Gasteiger partial charge in [-0.05, 0) is 12.1 Å². The summed E-state index contributed by atoms with van der Waals surface area (Å²) in [4.78, 5) is 12.3. The van der Waals surface area contributed by atoms with Gasteiger partial charge in [0.2, 0.25) is 0 Å². The van der Waals surface area contributed by atoms with Crippen molar-refractivity contribution in [2.75, 3.05) is 0 Å². The Labute approximate surface area is 123 Å². The van der Waals surface area contributed by atoms with Crippen molar-refractivity contribution in [2.24, 2.45) is 16.6 Å². The van der Waals surface area contributed by atoms with Gasteiger partial charge in [-0.15, -0.1) is 0 Å². The van der Waals surface area contributed by atoms with E-state index in [0.717, 1.165) is 0 Å². The third-order valence-electron chi connectivity index (χ3n) is 4.56. The fraction of sp³-hybridized carbons (Fsp3) is 0.533. The summed E-state index contributed by atoms with van der Waals surface area (Å²) in [6.45, 7) is 8.01. The lowest BCUT2D eigenvalue weighted by Crippen LogP contribution is -2.76. The van der Waals surface area contributed by atoms with Gasteiger partial charge in [0.15, 0.2) is 5.82 Å². The van der Waals surface area contributed by atoms with Crippen LogP contribution in [-0.4, -0.2) is 18.0 Å². The number of hydrogen-bond acceptors (Lipinski definition) is 2. The minimum atomic E-state index is -0.689. The zero-order valence-corrected chi connectivity index (χ0v) is 12.9. The van der Waals surface area contributed by atoms with Crippen LogP contribution in [0.15, 0.2) is 18.2 Å². The molecule has 2 rings (SSSR count). The second kappa shape index (κ2) is 4.71. The van der Waals surface area contributed by atoms with E-state index in [2.05, 4.69) is 5.32 Å². The summed E-state index contributed by atoms with van der Waals surface area (Å²) in [5.74, 6) is -1.14. The van der Waals surface area contributed by atoms with Gasteiger partial charge >= 0.3 is 0 Å². The molecular formula is C15H20ClFN2O. The van der Waals surface area contributed by atoms with Crippen LogP contribution < -0.4 is 11.1 Å². The zero-order valence-electron chi connectivity index (χ0n) is 12.1. The lowest BCUT2D eigenvalue weighted by atomic mass is 9.48. The standard InChI is InChI=1S/C15H20ClFN2O/c1-14(2)12(18)15(3,4)13(14)19-11(20)8-6-5-7-9(16)10(8)17/h5-7,12-13H,18H2,1-4H3,(H,19,20). The summed E-state index contributed by atoms with van der Waals surface area (Å²) in [7, 11) is 0. The number of benzene rings is 1. The second-order valence-corrected chi connectivity index (χ2v) is 7.04. The normalized spacial score (nSPS) is 26.8. The summed E-state index contributed by atoms with van der Waals surface area (Å²) in [6, 6.07) is 4.26. The zero-order chi connectivity index (χ0) is 15.3. The molecule has 1 amide bonds. The van der Waals surface area contributed by atoms with Crippen molar-refractivity contribution in [1.82, 2.24) is 5.32 Å². The first-order valence-electron chi connectivity index (χ1n) is 6.60. The minimum Gasteiger partial charge on any atom is -0.348 e. The van der Waals surface area contributed by atoms with Crippen molar-refractivity contribution in [3.63, 3.8) is 0 Å². The molecular weight excluding hydrogens is 279 g/mol. The maximum Gasteiger partial charge on any atom is 0.254 e. The van der Waals surface area contributed by atoms with Gasteiger partial charge in [0, 0.05) is 22.9 Å². The number of rotatable bonds is 2. The van der Waals surface area contributed by atoms with E-state index in [1.54, 1.807) is 6.07 Å². The van der Waals surface area contributed by atoms with Gasteiger partial charge in [-0.1, -0.05) is 45.4 Å². The summed E-state index contributed by atoms with van der Waals surface area (Å²) in [6.07, 6.45) is 0. The molecule has 1 fully saturated rings. The lowest BCUT2D eigenvalue weighted by molar-refractivity contribution is -0.0664. The summed E-state index contributed by atoms with van der Waals surface area (Å²) < 4.78 is 13.9. The predicted molar refractivity (Wildman–Crippen MR) is 78.2 cm³/mol. The number of nitrogens with two attached hydrogens (primary N) is 1. The molecule has 0 aliphatic heterocycles. The van der Waals surface area contributed by atoms with E-state index in [9.17, 15) is 9.18 Å². The van der Waals surface area contributed by atoms with Crippen molar-refractivity contribution >= 4 is 17.5 Å². The van der Waals surface area contributed by atoms with Crippen molar-refractivity contribution < 1.29 is 9.18 Å². The van der Waals surface area contributed by atoms with Gasteiger partial charge in [0.25, 0.3) is 5.91 Å². The molecule has 0 atom stereocenters. The Morgan fingerprint density at radius 1 is 1.30 bits per heavy atom. The van der Waals surface area contributed by atoms with Crippen LogP contribution in [-0.2, 0) is 0 Å². The molecule has 110 valence electrons. The molecule has 0 aromatic heterocycles. The van der Waals surface area contributed by atoms with Gasteiger partial charge < -0.3 is 11.1 Å². The smallest absolute Gasteiger partial charge is 0.254 e. The Bertz CT molecular complexity index is 541. The highest BCUT2D eigenvalue weighted by Gasteiger charge is 2.60. The van der Waals surface area contributed by atoms with Gasteiger partial charge in [0.1, 0.15) is 0 Å². The van der Waals surface area contributed by atoms with Gasteiger partial charge in [0.05, 0.1) is 10.6 Å². The highest BCUT2D eigenvalue weighted by molar-refractivity contribution is 6.31. The van der Waals surface area contributed by atoms with Crippen LogP contribution in [0.25, 0.3) is 0 Å². The fourth-order valence-electron chi connectivity index (χ4n) is 3.44. The first kappa shape index (κ1) is 15.3. The molecule has 1 aliphatic rings. The average Bonchev–Trinajstić information content (AvgIpc) is 2.37. The molecule has 0 heterocycles. The molecule has 3 N–H and O–H groups in total. The Hall–Kier alpha value is -1.13. The summed E-state index contributed by atoms with van der Waals surface area (Å²) in [5, 5.41) is 2.84. The van der Waals surface area contributed by atoms with Crippen LogP contribution in [0, 0.1) is 16.6 Å². The Morgan fingerprint density at radius 3 is 2.40 bits per heavy atom. The fourth-order valence-corrected chi connectivity index (χ4v) is 3.62. The highest BCUT2D eigenvalue weighted by atomic mass is 35.5. The van der Waals surface area contributed by atoms with E-state index in [0.29, 0.717) is 0 Å². The molecule has 0 saturated heterocycles. The highest BCUT2D eigenvalue weighted by Crippen LogP contribution is 2.52. The van der Waals surface area contributed by atoms with E-state index in [1.165, 1.54) is 12.1 Å². The van der Waals surface area contributed by atoms with Gasteiger partial charge in [-0.3, -0.25) is 4.79 Å².